The molecular formula is C29H31ClN6S. The lowest BCUT2D eigenvalue weighted by Crippen LogP contribution is -2.08. The summed E-state index contributed by atoms with van der Waals surface area (Å²) in [6.07, 6.45) is 6.73. The highest BCUT2D eigenvalue weighted by Crippen LogP contribution is 2.34. The molecule has 0 bridgehead atoms. The number of hydrogen-bond acceptors (Lipinski definition) is 7. The molecule has 190 valence electrons. The van der Waals surface area contributed by atoms with E-state index in [4.69, 9.17) is 22.3 Å². The fourth-order valence-corrected chi connectivity index (χ4v) is 5.11. The van der Waals surface area contributed by atoms with E-state index < -0.39 is 0 Å². The second-order valence-corrected chi connectivity index (χ2v) is 11.1. The molecule has 6 nitrogen and oxygen atoms in total. The van der Waals surface area contributed by atoms with Gasteiger partial charge < -0.3 is 16.4 Å². The fraction of sp³-hybridized carbons (Fsp3) is 0.207. The van der Waals surface area contributed by atoms with Crippen molar-refractivity contribution in [1.82, 2.24) is 15.0 Å². The summed E-state index contributed by atoms with van der Waals surface area (Å²) in [6, 6.07) is 11.6. The van der Waals surface area contributed by atoms with Crippen LogP contribution in [0.4, 0.5) is 17.1 Å². The van der Waals surface area contributed by atoms with Crippen molar-refractivity contribution in [3.8, 4) is 21.8 Å². The van der Waals surface area contributed by atoms with Gasteiger partial charge in [0.2, 0.25) is 0 Å². The number of allylic oxidation sites excluding steroid dienone is 2. The number of nitrogens with one attached hydrogen (secondary N) is 2. The molecule has 37 heavy (non-hydrogen) atoms. The monoisotopic (exact) mass is 530 g/mol. The molecule has 0 aliphatic heterocycles. The summed E-state index contributed by atoms with van der Waals surface area (Å²) < 4.78 is 0.734. The van der Waals surface area contributed by atoms with Crippen LogP contribution in [0.15, 0.2) is 79.5 Å². The predicted octanol–water partition coefficient (Wildman–Crippen LogP) is 7.95. The molecule has 4 aromatic heterocycles. The van der Waals surface area contributed by atoms with E-state index in [0.717, 1.165) is 66.6 Å². The van der Waals surface area contributed by atoms with Gasteiger partial charge in [-0.1, -0.05) is 38.6 Å². The predicted molar refractivity (Wildman–Crippen MR) is 158 cm³/mol. The number of rotatable bonds is 10. The normalized spacial score (nSPS) is 10.9. The quantitative estimate of drug-likeness (QED) is 0.193. The van der Waals surface area contributed by atoms with E-state index in [1.54, 1.807) is 18.6 Å². The van der Waals surface area contributed by atoms with Crippen LogP contribution >= 0.6 is 22.9 Å². The molecule has 0 unspecified atom stereocenters. The Hall–Kier alpha value is -3.68. The molecular weight excluding hydrogens is 500 g/mol. The second kappa shape index (κ2) is 11.6. The molecule has 4 rings (SSSR count). The lowest BCUT2D eigenvalue weighted by Gasteiger charge is -2.15. The number of halogens is 1. The third-order valence-electron chi connectivity index (χ3n) is 5.72. The fourth-order valence-electron chi connectivity index (χ4n) is 4.01. The molecule has 8 heteroatoms. The second-order valence-electron chi connectivity index (χ2n) is 9.36. The van der Waals surface area contributed by atoms with Crippen molar-refractivity contribution in [2.45, 2.75) is 33.6 Å². The lowest BCUT2D eigenvalue weighted by atomic mass is 10.1. The van der Waals surface area contributed by atoms with Crippen LogP contribution in [-0.4, -0.2) is 15.0 Å². The first kappa shape index (κ1) is 26.4. The Bertz CT molecular complexity index is 1440. The summed E-state index contributed by atoms with van der Waals surface area (Å²) in [5.74, 6) is 0.524. The largest absolute Gasteiger partial charge is 0.397 e. The zero-order chi connectivity index (χ0) is 26.5. The Morgan fingerprint density at radius 1 is 1.08 bits per heavy atom. The molecule has 4 N–H and O–H groups in total. The number of pyridine rings is 3. The van der Waals surface area contributed by atoms with Crippen molar-refractivity contribution < 1.29 is 0 Å². The zero-order valence-electron chi connectivity index (χ0n) is 21.3. The van der Waals surface area contributed by atoms with Gasteiger partial charge in [-0.2, -0.15) is 0 Å². The van der Waals surface area contributed by atoms with Crippen LogP contribution in [0.2, 0.25) is 4.34 Å². The third-order valence-corrected chi connectivity index (χ3v) is 6.96. The molecule has 0 radical (unpaired) electrons. The number of nitrogens with zero attached hydrogens (tertiary/aromatic N) is 3. The highest BCUT2D eigenvalue weighted by molar-refractivity contribution is 7.19. The molecule has 0 aromatic carbocycles. The van der Waals surface area contributed by atoms with E-state index in [2.05, 4.69) is 47.6 Å². The van der Waals surface area contributed by atoms with Gasteiger partial charge in [0.15, 0.2) is 0 Å². The highest BCUT2D eigenvalue weighted by atomic mass is 35.5. The van der Waals surface area contributed by atoms with Gasteiger partial charge in [0.1, 0.15) is 0 Å². The van der Waals surface area contributed by atoms with Crippen LogP contribution in [0.25, 0.3) is 21.8 Å². The van der Waals surface area contributed by atoms with E-state index >= 15 is 0 Å². The minimum Gasteiger partial charge on any atom is -0.397 e. The van der Waals surface area contributed by atoms with Crippen LogP contribution in [0.5, 0.6) is 0 Å². The van der Waals surface area contributed by atoms with Gasteiger partial charge in [0.05, 0.1) is 43.9 Å². The van der Waals surface area contributed by atoms with Crippen molar-refractivity contribution in [1.29, 1.82) is 0 Å². The van der Waals surface area contributed by atoms with E-state index in [1.807, 2.05) is 43.3 Å². The van der Waals surface area contributed by atoms with Crippen LogP contribution in [0.1, 0.15) is 31.5 Å². The van der Waals surface area contributed by atoms with Crippen LogP contribution in [0, 0.1) is 12.8 Å². The first-order valence-electron chi connectivity index (χ1n) is 12.0. The first-order chi connectivity index (χ1) is 17.7. The minimum absolute atomic E-state index is 0.470. The standard InChI is InChI=1S/C29H31ClN6S/c1-17(2)12-18(3)34-22-14-21(15-32-16-22)25-7-6-23(31)26(36-25)13-19(4)35-24-10-11-33-29(20(24)5)27-8-9-28(30)37-27/h6-11,14-17,34H,3-4,12-13,31H2,1-2,5H3,(H,33,35). The summed E-state index contributed by atoms with van der Waals surface area (Å²) in [7, 11) is 0. The van der Waals surface area contributed by atoms with E-state index in [-0.39, 0.29) is 0 Å². The van der Waals surface area contributed by atoms with Crippen LogP contribution < -0.4 is 16.4 Å². The Morgan fingerprint density at radius 3 is 2.62 bits per heavy atom. The highest BCUT2D eigenvalue weighted by Gasteiger charge is 2.13. The number of hydrogen-bond donors (Lipinski definition) is 3. The number of thiophene rings is 1. The summed E-state index contributed by atoms with van der Waals surface area (Å²) in [5.41, 5.74) is 14.8. The molecule has 0 saturated carbocycles. The van der Waals surface area contributed by atoms with Crippen molar-refractivity contribution in [2.24, 2.45) is 5.92 Å². The van der Waals surface area contributed by atoms with Gasteiger partial charge >= 0.3 is 0 Å². The van der Waals surface area contributed by atoms with Crippen molar-refractivity contribution in [3.63, 3.8) is 0 Å². The molecule has 0 amide bonds. The number of anilines is 3. The number of nitrogens with two attached hydrogens (primary N) is 1. The van der Waals surface area contributed by atoms with E-state index in [9.17, 15) is 0 Å². The Morgan fingerprint density at radius 2 is 1.89 bits per heavy atom. The topological polar surface area (TPSA) is 88.8 Å². The minimum atomic E-state index is 0.470. The van der Waals surface area contributed by atoms with Crippen molar-refractivity contribution in [3.05, 3.63) is 95.1 Å². The van der Waals surface area contributed by atoms with Crippen LogP contribution in [0.3, 0.4) is 0 Å². The van der Waals surface area contributed by atoms with Crippen molar-refractivity contribution >= 4 is 40.0 Å². The van der Waals surface area contributed by atoms with Gasteiger partial charge in [-0.15, -0.1) is 11.3 Å². The summed E-state index contributed by atoms with van der Waals surface area (Å²) >= 11 is 7.63. The van der Waals surface area contributed by atoms with Crippen molar-refractivity contribution in [2.75, 3.05) is 16.4 Å². The summed E-state index contributed by atoms with van der Waals surface area (Å²) in [5, 5.41) is 6.76. The molecule has 0 aliphatic carbocycles. The summed E-state index contributed by atoms with van der Waals surface area (Å²) in [4.78, 5) is 14.8. The Kier molecular flexibility index (Phi) is 8.26. The SMILES string of the molecule is C=C(CC(C)C)Nc1cncc(-c2ccc(N)c(CC(=C)Nc3ccnc(-c4ccc(Cl)s4)c3C)n2)c1. The first-order valence-corrected chi connectivity index (χ1v) is 13.2. The lowest BCUT2D eigenvalue weighted by molar-refractivity contribution is 0.645. The molecule has 0 spiro atoms. The van der Waals surface area contributed by atoms with Gasteiger partial charge in [-0.05, 0) is 61.2 Å². The van der Waals surface area contributed by atoms with Gasteiger partial charge in [-0.3, -0.25) is 15.0 Å². The average molecular weight is 531 g/mol. The van der Waals surface area contributed by atoms with Gasteiger partial charge in [0.25, 0.3) is 0 Å². The van der Waals surface area contributed by atoms with Gasteiger partial charge in [-0.25, -0.2) is 0 Å². The number of aromatic nitrogens is 3. The molecule has 0 aliphatic rings. The molecule has 4 heterocycles. The maximum Gasteiger partial charge on any atom is 0.0935 e. The Labute approximate surface area is 227 Å². The average Bonchev–Trinajstić information content (AvgIpc) is 3.27. The van der Waals surface area contributed by atoms with Crippen LogP contribution in [-0.2, 0) is 6.42 Å². The maximum atomic E-state index is 6.29. The molecule has 4 aromatic rings. The molecule has 0 saturated heterocycles. The van der Waals surface area contributed by atoms with E-state index in [1.165, 1.54) is 11.3 Å². The molecule has 0 fully saturated rings. The summed E-state index contributed by atoms with van der Waals surface area (Å²) in [6.45, 7) is 14.7. The Balaban J connectivity index is 1.50. The zero-order valence-corrected chi connectivity index (χ0v) is 22.9. The maximum absolute atomic E-state index is 6.29. The smallest absolute Gasteiger partial charge is 0.0935 e. The van der Waals surface area contributed by atoms with Gasteiger partial charge in [0, 0.05) is 41.5 Å². The third kappa shape index (κ3) is 6.76. The molecule has 0 atom stereocenters. The van der Waals surface area contributed by atoms with E-state index in [0.29, 0.717) is 18.0 Å². The number of nitrogen functional groups attached to an aromatic ring is 1.